The molecule has 1 N–H and O–H groups in total. The van der Waals surface area contributed by atoms with Crippen molar-refractivity contribution >= 4 is 15.8 Å². The van der Waals surface area contributed by atoms with E-state index in [4.69, 9.17) is 0 Å². The molecule has 2 aliphatic carbocycles. The minimum absolute atomic E-state index is 0.0559. The number of carbonyl (C=O) groups excluding carboxylic acids is 1. The molecule has 5 heteroatoms. The molecule has 2 aliphatic rings. The first-order valence-electron chi connectivity index (χ1n) is 6.95. The van der Waals surface area contributed by atoms with Crippen LogP contribution in [0.15, 0.2) is 0 Å². The Morgan fingerprint density at radius 2 is 1.89 bits per heavy atom. The van der Waals surface area contributed by atoms with Gasteiger partial charge in [0, 0.05) is 17.4 Å². The van der Waals surface area contributed by atoms with E-state index in [1.807, 2.05) is 20.8 Å². The van der Waals surface area contributed by atoms with Gasteiger partial charge in [-0.25, -0.2) is 13.1 Å². The summed E-state index contributed by atoms with van der Waals surface area (Å²) in [7, 11) is -3.44. The van der Waals surface area contributed by atoms with Crippen molar-refractivity contribution in [2.75, 3.05) is 5.75 Å². The van der Waals surface area contributed by atoms with Gasteiger partial charge in [0.05, 0.1) is 5.75 Å². The van der Waals surface area contributed by atoms with Crippen molar-refractivity contribution < 1.29 is 13.2 Å². The van der Waals surface area contributed by atoms with Crippen molar-refractivity contribution in [3.05, 3.63) is 0 Å². The number of ketones is 1. The van der Waals surface area contributed by atoms with Gasteiger partial charge in [-0.3, -0.25) is 4.79 Å². The van der Waals surface area contributed by atoms with Gasteiger partial charge >= 0.3 is 0 Å². The fraction of sp³-hybridized carbons (Fsp3) is 0.929. The van der Waals surface area contributed by atoms with E-state index >= 15 is 0 Å². The summed E-state index contributed by atoms with van der Waals surface area (Å²) >= 11 is 0. The Labute approximate surface area is 116 Å². The first-order chi connectivity index (χ1) is 8.40. The van der Waals surface area contributed by atoms with Crippen LogP contribution >= 0.6 is 0 Å². The zero-order valence-electron chi connectivity index (χ0n) is 12.5. The van der Waals surface area contributed by atoms with E-state index in [2.05, 4.69) is 18.6 Å². The molecule has 19 heavy (non-hydrogen) atoms. The number of carbonyl (C=O) groups is 1. The highest BCUT2D eigenvalue weighted by Crippen LogP contribution is 2.64. The molecule has 0 saturated heterocycles. The number of fused-ring (bicyclic) bond motifs is 2. The van der Waals surface area contributed by atoms with Crippen molar-refractivity contribution in [3.63, 3.8) is 0 Å². The van der Waals surface area contributed by atoms with Gasteiger partial charge in [-0.05, 0) is 44.9 Å². The fourth-order valence-electron chi connectivity index (χ4n) is 3.94. The second-order valence-corrected chi connectivity index (χ2v) is 9.50. The second-order valence-electron chi connectivity index (χ2n) is 7.78. The molecule has 110 valence electrons. The third-order valence-electron chi connectivity index (χ3n) is 5.04. The molecule has 0 aromatic rings. The summed E-state index contributed by atoms with van der Waals surface area (Å²) in [5.41, 5.74) is -1.37. The third-order valence-corrected chi connectivity index (χ3v) is 6.83. The van der Waals surface area contributed by atoms with Gasteiger partial charge in [-0.1, -0.05) is 13.8 Å². The van der Waals surface area contributed by atoms with Crippen LogP contribution in [0.5, 0.6) is 0 Å². The molecule has 0 aliphatic heterocycles. The second kappa shape index (κ2) is 4.04. The van der Waals surface area contributed by atoms with E-state index in [1.165, 1.54) is 0 Å². The van der Waals surface area contributed by atoms with E-state index in [-0.39, 0.29) is 17.0 Å². The zero-order chi connectivity index (χ0) is 14.7. The third kappa shape index (κ3) is 2.35. The Kier molecular flexibility index (Phi) is 3.19. The van der Waals surface area contributed by atoms with Gasteiger partial charge in [-0.15, -0.1) is 0 Å². The van der Waals surface area contributed by atoms with Crippen molar-refractivity contribution in [2.24, 2.45) is 16.7 Å². The van der Waals surface area contributed by atoms with Crippen LogP contribution in [0.25, 0.3) is 0 Å². The maximum absolute atomic E-state index is 12.4. The molecule has 0 aromatic heterocycles. The quantitative estimate of drug-likeness (QED) is 0.864. The highest BCUT2D eigenvalue weighted by molar-refractivity contribution is 7.89. The van der Waals surface area contributed by atoms with Crippen LogP contribution in [0.1, 0.15) is 53.9 Å². The Bertz CT molecular complexity index is 501. The van der Waals surface area contributed by atoms with E-state index in [0.717, 1.165) is 6.42 Å². The van der Waals surface area contributed by atoms with Crippen molar-refractivity contribution in [2.45, 2.75) is 59.4 Å². The molecule has 2 bridgehead atoms. The van der Waals surface area contributed by atoms with E-state index in [1.54, 1.807) is 0 Å². The predicted octanol–water partition coefficient (Wildman–Crippen LogP) is 2.10. The maximum Gasteiger partial charge on any atom is 0.213 e. The summed E-state index contributed by atoms with van der Waals surface area (Å²) in [6.45, 7) is 9.58. The summed E-state index contributed by atoms with van der Waals surface area (Å²) in [4.78, 5) is 12.3. The maximum atomic E-state index is 12.4. The van der Waals surface area contributed by atoms with Crippen LogP contribution in [0.2, 0.25) is 0 Å². The van der Waals surface area contributed by atoms with Crippen LogP contribution < -0.4 is 4.72 Å². The molecule has 0 amide bonds. The normalized spacial score (nSPS) is 33.9. The number of rotatable bonds is 3. The number of Topliss-reactive ketones (excluding diaryl/α,β-unsaturated/α-hetero) is 1. The molecular weight excluding hydrogens is 262 g/mol. The molecule has 2 rings (SSSR count). The summed E-state index contributed by atoms with van der Waals surface area (Å²) in [5.74, 6) is 0.442. The molecule has 4 nitrogen and oxygen atoms in total. The summed E-state index contributed by atoms with van der Waals surface area (Å²) in [6.07, 6.45) is 2.25. The average Bonchev–Trinajstić information content (AvgIpc) is 2.46. The number of nitrogens with one attached hydrogen (secondary N) is 1. The minimum Gasteiger partial charge on any atom is -0.299 e. The predicted molar refractivity (Wildman–Crippen MR) is 75.2 cm³/mol. The monoisotopic (exact) mass is 287 g/mol. The summed E-state index contributed by atoms with van der Waals surface area (Å²) in [5, 5.41) is 0. The van der Waals surface area contributed by atoms with Crippen molar-refractivity contribution in [3.8, 4) is 0 Å². The van der Waals surface area contributed by atoms with E-state index < -0.39 is 21.0 Å². The van der Waals surface area contributed by atoms with Gasteiger partial charge in [0.1, 0.15) is 5.78 Å². The Morgan fingerprint density at radius 3 is 2.26 bits per heavy atom. The van der Waals surface area contributed by atoms with Crippen LogP contribution in [0.3, 0.4) is 0 Å². The molecular formula is C14H25NO3S. The van der Waals surface area contributed by atoms with E-state index in [0.29, 0.717) is 18.8 Å². The molecule has 2 saturated carbocycles. The Hall–Kier alpha value is -0.420. The van der Waals surface area contributed by atoms with Crippen LogP contribution in [-0.2, 0) is 14.8 Å². The van der Waals surface area contributed by atoms with Gasteiger partial charge in [-0.2, -0.15) is 0 Å². The van der Waals surface area contributed by atoms with Gasteiger partial charge in [0.25, 0.3) is 0 Å². The Balaban J connectivity index is 2.30. The summed E-state index contributed by atoms with van der Waals surface area (Å²) < 4.78 is 27.4. The summed E-state index contributed by atoms with van der Waals surface area (Å²) in [6, 6.07) is 0. The van der Waals surface area contributed by atoms with Crippen LogP contribution in [-0.4, -0.2) is 25.5 Å². The molecule has 2 fully saturated rings. The van der Waals surface area contributed by atoms with Crippen LogP contribution in [0.4, 0.5) is 0 Å². The SMILES string of the molecule is CC(C)(C)NS(=O)(=O)C[C@@]12CC[C@@H](CC1=O)C2(C)C. The topological polar surface area (TPSA) is 63.2 Å². The van der Waals surface area contributed by atoms with E-state index in [9.17, 15) is 13.2 Å². The largest absolute Gasteiger partial charge is 0.299 e. The highest BCUT2D eigenvalue weighted by atomic mass is 32.2. The number of sulfonamides is 1. The highest BCUT2D eigenvalue weighted by Gasteiger charge is 2.65. The lowest BCUT2D eigenvalue weighted by atomic mass is 9.70. The van der Waals surface area contributed by atoms with Gasteiger partial charge in [0.15, 0.2) is 0 Å². The fourth-order valence-corrected chi connectivity index (χ4v) is 6.27. The molecule has 0 unspecified atom stereocenters. The standard InChI is InChI=1S/C14H25NO3S/c1-12(2,3)15-19(17,18)9-14-7-6-10(8-11(14)16)13(14,4)5/h10,15H,6-9H2,1-5H3/t10-,14-/m0/s1. The number of hydrogen-bond donors (Lipinski definition) is 1. The van der Waals surface area contributed by atoms with Crippen molar-refractivity contribution in [1.82, 2.24) is 4.72 Å². The van der Waals surface area contributed by atoms with Gasteiger partial charge < -0.3 is 0 Å². The molecule has 0 spiro atoms. The lowest BCUT2D eigenvalue weighted by Gasteiger charge is -2.37. The minimum atomic E-state index is -3.44. The van der Waals surface area contributed by atoms with Gasteiger partial charge in [0.2, 0.25) is 10.0 Å². The lowest BCUT2D eigenvalue weighted by molar-refractivity contribution is -0.128. The molecule has 0 radical (unpaired) electrons. The average molecular weight is 287 g/mol. The first-order valence-corrected chi connectivity index (χ1v) is 8.60. The lowest BCUT2D eigenvalue weighted by Crippen LogP contribution is -2.49. The van der Waals surface area contributed by atoms with Crippen molar-refractivity contribution in [1.29, 1.82) is 0 Å². The zero-order valence-corrected chi connectivity index (χ0v) is 13.4. The van der Waals surface area contributed by atoms with Crippen LogP contribution in [0, 0.1) is 16.7 Å². The molecule has 0 aromatic carbocycles. The smallest absolute Gasteiger partial charge is 0.213 e. The Morgan fingerprint density at radius 1 is 1.32 bits per heavy atom. The molecule has 0 heterocycles. The number of hydrogen-bond acceptors (Lipinski definition) is 3. The first kappa shape index (κ1) is 15.0. The molecule has 2 atom stereocenters.